The van der Waals surface area contributed by atoms with Gasteiger partial charge in [-0.2, -0.15) is 9.98 Å². The van der Waals surface area contributed by atoms with Gasteiger partial charge in [-0.1, -0.05) is 19.3 Å². The number of rotatable bonds is 3. The molecule has 0 bridgehead atoms. The molecule has 1 aliphatic heterocycles. The molecule has 2 aliphatic rings. The number of hydrogen-bond acceptors (Lipinski definition) is 7. The summed E-state index contributed by atoms with van der Waals surface area (Å²) in [6, 6.07) is 0.987. The zero-order valence-corrected chi connectivity index (χ0v) is 14.8. The van der Waals surface area contributed by atoms with Crippen molar-refractivity contribution >= 4 is 12.0 Å². The van der Waals surface area contributed by atoms with Gasteiger partial charge in [-0.3, -0.25) is 0 Å². The molecule has 7 heteroatoms. The van der Waals surface area contributed by atoms with E-state index in [1.54, 1.807) is 0 Å². The number of guanidine groups is 1. The molecular formula is C15H30N6O. The Morgan fingerprint density at radius 2 is 1.64 bits per heavy atom. The van der Waals surface area contributed by atoms with Gasteiger partial charge in [0.25, 0.3) is 6.02 Å². The first-order valence-electron chi connectivity index (χ1n) is 8.01. The largest absolute Gasteiger partial charge is 0.408 e. The van der Waals surface area contributed by atoms with Crippen molar-refractivity contribution in [1.82, 2.24) is 20.0 Å². The second kappa shape index (κ2) is 6.83. The highest BCUT2D eigenvalue weighted by Gasteiger charge is 2.42. The summed E-state index contributed by atoms with van der Waals surface area (Å²) in [5.41, 5.74) is 0. The van der Waals surface area contributed by atoms with Crippen molar-refractivity contribution in [2.75, 3.05) is 42.3 Å². The van der Waals surface area contributed by atoms with Crippen LogP contribution in [0, 0.1) is 0 Å². The summed E-state index contributed by atoms with van der Waals surface area (Å²) in [5.74, 6) is -0.241. The molecule has 1 atom stereocenters. The number of amidine groups is 1. The number of hydrogen-bond donors (Lipinski definition) is 1. The molecule has 0 radical (unpaired) electrons. The molecule has 1 N–H and O–H groups in total. The van der Waals surface area contributed by atoms with E-state index in [-0.39, 0.29) is 0 Å². The molecule has 7 nitrogen and oxygen atoms in total. The van der Waals surface area contributed by atoms with Crippen LogP contribution in [-0.4, -0.2) is 81.0 Å². The van der Waals surface area contributed by atoms with E-state index in [0.717, 1.165) is 0 Å². The lowest BCUT2D eigenvalue weighted by atomic mass is 9.95. The molecule has 126 valence electrons. The summed E-state index contributed by atoms with van der Waals surface area (Å²) in [6.07, 6.45) is 6.19. The van der Waals surface area contributed by atoms with E-state index in [4.69, 9.17) is 9.73 Å². The van der Waals surface area contributed by atoms with Gasteiger partial charge >= 0.3 is 5.97 Å². The Labute approximate surface area is 134 Å². The van der Waals surface area contributed by atoms with Crippen molar-refractivity contribution in [2.24, 2.45) is 9.98 Å². The van der Waals surface area contributed by atoms with Gasteiger partial charge in [0.1, 0.15) is 0 Å². The van der Waals surface area contributed by atoms with Crippen LogP contribution < -0.4 is 5.32 Å². The van der Waals surface area contributed by atoms with Crippen LogP contribution in [0.5, 0.6) is 0 Å². The maximum absolute atomic E-state index is 6.16. The van der Waals surface area contributed by atoms with Crippen LogP contribution in [0.3, 0.4) is 0 Å². The quantitative estimate of drug-likeness (QED) is 0.787. The summed E-state index contributed by atoms with van der Waals surface area (Å²) in [6.45, 7) is 0. The number of ether oxygens (including phenoxy) is 1. The van der Waals surface area contributed by atoms with Crippen molar-refractivity contribution in [3.05, 3.63) is 0 Å². The fourth-order valence-corrected chi connectivity index (χ4v) is 2.71. The first-order valence-corrected chi connectivity index (χ1v) is 8.01. The van der Waals surface area contributed by atoms with Crippen molar-refractivity contribution in [2.45, 2.75) is 44.1 Å². The highest BCUT2D eigenvalue weighted by atomic mass is 16.6. The molecule has 1 aliphatic carbocycles. The van der Waals surface area contributed by atoms with Crippen LogP contribution >= 0.6 is 0 Å². The highest BCUT2D eigenvalue weighted by molar-refractivity contribution is 5.93. The van der Waals surface area contributed by atoms with Crippen molar-refractivity contribution in [3.63, 3.8) is 0 Å². The van der Waals surface area contributed by atoms with Gasteiger partial charge in [0, 0.05) is 34.2 Å². The van der Waals surface area contributed by atoms with Crippen LogP contribution in [0.25, 0.3) is 0 Å². The van der Waals surface area contributed by atoms with Gasteiger partial charge in [0.15, 0.2) is 0 Å². The minimum atomic E-state index is -0.900. The van der Waals surface area contributed by atoms with E-state index in [0.29, 0.717) is 18.0 Å². The maximum Gasteiger partial charge on any atom is 0.329 e. The third kappa shape index (κ3) is 3.70. The molecule has 0 amide bonds. The summed E-state index contributed by atoms with van der Waals surface area (Å²) in [7, 11) is 11.7. The van der Waals surface area contributed by atoms with E-state index in [9.17, 15) is 0 Å². The minimum absolute atomic E-state index is 0.421. The molecule has 0 saturated heterocycles. The van der Waals surface area contributed by atoms with Gasteiger partial charge in [-0.25, -0.2) is 10.2 Å². The van der Waals surface area contributed by atoms with Crippen LogP contribution in [-0.2, 0) is 4.74 Å². The van der Waals surface area contributed by atoms with Gasteiger partial charge in [-0.15, -0.1) is 0 Å². The van der Waals surface area contributed by atoms with Crippen LogP contribution in [0.2, 0.25) is 0 Å². The van der Waals surface area contributed by atoms with Gasteiger partial charge < -0.3 is 14.5 Å². The number of nitrogens with one attached hydrogen (secondary N) is 1. The molecule has 2 rings (SSSR count). The fraction of sp³-hybridized carbons (Fsp3) is 0.867. The van der Waals surface area contributed by atoms with Crippen molar-refractivity contribution in [1.29, 1.82) is 0 Å². The second-order valence-electron chi connectivity index (χ2n) is 6.68. The van der Waals surface area contributed by atoms with E-state index < -0.39 is 5.97 Å². The summed E-state index contributed by atoms with van der Waals surface area (Å²) >= 11 is 0. The molecule has 1 saturated carbocycles. The zero-order valence-electron chi connectivity index (χ0n) is 14.8. The molecule has 1 heterocycles. The van der Waals surface area contributed by atoms with E-state index in [1.807, 2.05) is 57.0 Å². The third-order valence-corrected chi connectivity index (χ3v) is 4.07. The Bertz CT molecular complexity index is 439. The Morgan fingerprint density at radius 3 is 2.14 bits per heavy atom. The Morgan fingerprint density at radius 1 is 1.00 bits per heavy atom. The second-order valence-corrected chi connectivity index (χ2v) is 6.68. The summed E-state index contributed by atoms with van der Waals surface area (Å²) in [5, 5.41) is 3.62. The van der Waals surface area contributed by atoms with Crippen molar-refractivity contribution < 1.29 is 4.74 Å². The Balaban J connectivity index is 2.29. The highest BCUT2D eigenvalue weighted by Crippen LogP contribution is 2.25. The predicted molar refractivity (Wildman–Crippen MR) is 89.8 cm³/mol. The van der Waals surface area contributed by atoms with E-state index in [2.05, 4.69) is 10.3 Å². The maximum atomic E-state index is 6.16. The molecule has 0 aromatic rings. The lowest BCUT2D eigenvalue weighted by Gasteiger charge is -2.43. The first-order chi connectivity index (χ1) is 10.3. The monoisotopic (exact) mass is 310 g/mol. The predicted octanol–water partition coefficient (Wildman–Crippen LogP) is 0.947. The fourth-order valence-electron chi connectivity index (χ4n) is 2.71. The Kier molecular flexibility index (Phi) is 5.28. The van der Waals surface area contributed by atoms with Crippen LogP contribution in [0.15, 0.2) is 9.98 Å². The van der Waals surface area contributed by atoms with E-state index >= 15 is 0 Å². The molecule has 1 unspecified atom stereocenters. The topological polar surface area (TPSA) is 55.7 Å². The van der Waals surface area contributed by atoms with Crippen molar-refractivity contribution in [3.8, 4) is 0 Å². The van der Waals surface area contributed by atoms with Crippen LogP contribution in [0.1, 0.15) is 32.1 Å². The Hall–Kier alpha value is -1.34. The van der Waals surface area contributed by atoms with Gasteiger partial charge in [0.05, 0.1) is 0 Å². The van der Waals surface area contributed by atoms with Crippen LogP contribution in [0.4, 0.5) is 0 Å². The van der Waals surface area contributed by atoms with E-state index in [1.165, 1.54) is 32.1 Å². The number of nitrogens with zero attached hydrogens (tertiary/aromatic N) is 5. The average Bonchev–Trinajstić information content (AvgIpc) is 2.47. The molecule has 1 fully saturated rings. The molecule has 0 aromatic heterocycles. The standard InChI is InChI=1S/C15H30N6O/c1-19(2)13-16-14(20(3)4)22-15(18-13,21(5)6)17-12-10-8-7-9-11-12/h12,17H,7-11H2,1-6H3. The molecule has 0 spiro atoms. The lowest BCUT2D eigenvalue weighted by molar-refractivity contribution is -0.111. The van der Waals surface area contributed by atoms with Gasteiger partial charge in [-0.05, 0) is 26.9 Å². The summed E-state index contributed by atoms with van der Waals surface area (Å²) in [4.78, 5) is 15.0. The normalized spacial score (nSPS) is 26.3. The third-order valence-electron chi connectivity index (χ3n) is 4.07. The lowest BCUT2D eigenvalue weighted by Crippen LogP contribution is -2.63. The molecule has 0 aromatic carbocycles. The molecular weight excluding hydrogens is 280 g/mol. The SMILES string of the molecule is CN(C)C1=NC(NC2CCCCC2)(N(C)C)OC(N(C)C)=N1. The molecule has 22 heavy (non-hydrogen) atoms. The van der Waals surface area contributed by atoms with Gasteiger partial charge in [0.2, 0.25) is 5.96 Å². The minimum Gasteiger partial charge on any atom is -0.408 e. The number of aliphatic imine (C=N–C) groups is 2. The smallest absolute Gasteiger partial charge is 0.329 e. The average molecular weight is 310 g/mol. The summed E-state index contributed by atoms with van der Waals surface area (Å²) < 4.78 is 6.16. The first kappa shape index (κ1) is 17.0. The zero-order chi connectivity index (χ0) is 16.3.